The minimum Gasteiger partial charge on any atom is -0.481 e. The second-order valence-corrected chi connectivity index (χ2v) is 18.7. The Labute approximate surface area is 272 Å². The zero-order chi connectivity index (χ0) is 33.4. The highest BCUT2D eigenvalue weighted by Gasteiger charge is 2.71. The van der Waals surface area contributed by atoms with Crippen molar-refractivity contribution in [1.29, 1.82) is 0 Å². The maximum absolute atomic E-state index is 13.1. The number of hydrogen-bond acceptors (Lipinski definition) is 5. The van der Waals surface area contributed by atoms with Gasteiger partial charge in [0.1, 0.15) is 12.7 Å². The van der Waals surface area contributed by atoms with Crippen molar-refractivity contribution in [3.63, 3.8) is 0 Å². The number of carbonyl (C=O) groups excluding carboxylic acids is 2. The molecule has 254 valence electrons. The average molecular weight is 627 g/mol. The first-order valence-corrected chi connectivity index (χ1v) is 18.0. The first-order chi connectivity index (χ1) is 20.8. The second-order valence-electron chi connectivity index (χ2n) is 18.7. The highest BCUT2D eigenvalue weighted by atomic mass is 16.5. The number of carboxylic acids is 1. The first-order valence-electron chi connectivity index (χ1n) is 18.0. The van der Waals surface area contributed by atoms with E-state index in [-0.39, 0.29) is 64.4 Å². The lowest BCUT2D eigenvalue weighted by Gasteiger charge is -2.73. The number of aliphatic hydroxyl groups is 1. The van der Waals surface area contributed by atoms with Crippen LogP contribution in [0.4, 0.5) is 0 Å². The standard InChI is InChI=1S/C39H62O6/c1-24(2)26-12-17-39(20-25(41)23-40)19-18-37(8)27(33(26)39)10-11-29-36(7)15-14-30(35(5,6)28(36)13-16-38(29,37)9)45-32(44)22-34(3,4)21-31(42)43/h26-30,33,40H,1,10-23H2,2-9H3,(H,42,43)/t26-,27+,28?,29?,30-,33?,36-,37+,38+,39+/m0/s1. The molecule has 6 heteroatoms. The van der Waals surface area contributed by atoms with Crippen LogP contribution in [0.15, 0.2) is 12.2 Å². The number of aliphatic hydroxyl groups excluding tert-OH is 1. The van der Waals surface area contributed by atoms with Crippen LogP contribution in [0.5, 0.6) is 0 Å². The van der Waals surface area contributed by atoms with Gasteiger partial charge < -0.3 is 14.9 Å². The third kappa shape index (κ3) is 5.45. The molecular formula is C39H62O6. The molecule has 0 aromatic rings. The van der Waals surface area contributed by atoms with E-state index in [4.69, 9.17) is 4.74 Å². The van der Waals surface area contributed by atoms with Crippen LogP contribution in [0.2, 0.25) is 0 Å². The monoisotopic (exact) mass is 626 g/mol. The smallest absolute Gasteiger partial charge is 0.306 e. The molecule has 45 heavy (non-hydrogen) atoms. The van der Waals surface area contributed by atoms with Gasteiger partial charge in [0, 0.05) is 11.8 Å². The molecule has 5 fully saturated rings. The van der Waals surface area contributed by atoms with Crippen molar-refractivity contribution in [3.8, 4) is 0 Å². The molecule has 0 bridgehead atoms. The average Bonchev–Trinajstić information content (AvgIpc) is 3.29. The predicted octanol–water partition coefficient (Wildman–Crippen LogP) is 8.40. The highest BCUT2D eigenvalue weighted by molar-refractivity contribution is 5.80. The van der Waals surface area contributed by atoms with Gasteiger partial charge in [0.05, 0.1) is 12.8 Å². The summed E-state index contributed by atoms with van der Waals surface area (Å²) in [6.07, 6.45) is 11.4. The largest absolute Gasteiger partial charge is 0.481 e. The van der Waals surface area contributed by atoms with Crippen LogP contribution in [-0.4, -0.2) is 40.6 Å². The quantitative estimate of drug-likeness (QED) is 0.197. The van der Waals surface area contributed by atoms with Crippen LogP contribution in [-0.2, 0) is 19.1 Å². The van der Waals surface area contributed by atoms with E-state index in [9.17, 15) is 24.6 Å². The van der Waals surface area contributed by atoms with Crippen molar-refractivity contribution in [2.45, 2.75) is 145 Å². The SMILES string of the molecule is C=C(C)[C@@H]1CC[C@]2(CC(=O)CO)CC[C@]3(C)[C@H](CCC4[C@@]5(C)CC[C@H](OC(=O)CC(C)(C)CC(=O)O)C(C)(C)C5CC[C@]43C)C12. The normalized spacial score (nSPS) is 43.7. The van der Waals surface area contributed by atoms with E-state index >= 15 is 0 Å². The summed E-state index contributed by atoms with van der Waals surface area (Å²) < 4.78 is 6.23. The Balaban J connectivity index is 1.40. The number of rotatable bonds is 9. The molecule has 10 atom stereocenters. The number of esters is 1. The number of aliphatic carboxylic acids is 1. The number of ketones is 1. The van der Waals surface area contributed by atoms with E-state index in [1.165, 1.54) is 24.8 Å². The molecule has 0 aliphatic heterocycles. The molecule has 0 saturated heterocycles. The molecular weight excluding hydrogens is 564 g/mol. The third-order valence-corrected chi connectivity index (χ3v) is 15.4. The molecule has 3 unspecified atom stereocenters. The molecule has 5 aliphatic rings. The topological polar surface area (TPSA) is 101 Å². The van der Waals surface area contributed by atoms with Gasteiger partial charge in [-0.2, -0.15) is 0 Å². The zero-order valence-corrected chi connectivity index (χ0v) is 29.6. The maximum Gasteiger partial charge on any atom is 0.306 e. The van der Waals surface area contributed by atoms with Gasteiger partial charge >= 0.3 is 11.9 Å². The predicted molar refractivity (Wildman–Crippen MR) is 176 cm³/mol. The van der Waals surface area contributed by atoms with E-state index in [0.717, 1.165) is 44.9 Å². The van der Waals surface area contributed by atoms with Crippen molar-refractivity contribution >= 4 is 17.7 Å². The summed E-state index contributed by atoms with van der Waals surface area (Å²) in [5.41, 5.74) is 0.996. The van der Waals surface area contributed by atoms with Crippen molar-refractivity contribution in [1.82, 2.24) is 0 Å². The Morgan fingerprint density at radius 1 is 0.844 bits per heavy atom. The molecule has 5 aliphatic carbocycles. The van der Waals surface area contributed by atoms with Gasteiger partial charge in [-0.3, -0.25) is 14.4 Å². The Bertz CT molecular complexity index is 1220. The molecule has 0 amide bonds. The summed E-state index contributed by atoms with van der Waals surface area (Å²) in [6, 6.07) is 0. The number of carbonyl (C=O) groups is 3. The van der Waals surface area contributed by atoms with Crippen LogP contribution in [0.3, 0.4) is 0 Å². The number of hydrogen-bond donors (Lipinski definition) is 2. The van der Waals surface area contributed by atoms with Crippen LogP contribution in [0, 0.1) is 62.1 Å². The minimum atomic E-state index is -0.888. The Kier molecular flexibility index (Phi) is 8.84. The number of allylic oxidation sites excluding steroid dienone is 1. The van der Waals surface area contributed by atoms with Crippen molar-refractivity contribution in [3.05, 3.63) is 12.2 Å². The van der Waals surface area contributed by atoms with Crippen LogP contribution < -0.4 is 0 Å². The molecule has 0 heterocycles. The molecule has 5 saturated carbocycles. The van der Waals surface area contributed by atoms with Crippen LogP contribution in [0.1, 0.15) is 139 Å². The molecule has 0 aromatic heterocycles. The van der Waals surface area contributed by atoms with E-state index in [2.05, 4.69) is 48.1 Å². The summed E-state index contributed by atoms with van der Waals surface area (Å²) in [6.45, 7) is 22.4. The van der Waals surface area contributed by atoms with Crippen LogP contribution in [0.25, 0.3) is 0 Å². The lowest BCUT2D eigenvalue weighted by atomic mass is 9.32. The van der Waals surface area contributed by atoms with Gasteiger partial charge in [-0.25, -0.2) is 0 Å². The third-order valence-electron chi connectivity index (χ3n) is 15.4. The minimum absolute atomic E-state index is 0.000859. The van der Waals surface area contributed by atoms with E-state index in [0.29, 0.717) is 36.0 Å². The summed E-state index contributed by atoms with van der Waals surface area (Å²) in [5, 5.41) is 19.0. The highest BCUT2D eigenvalue weighted by Crippen LogP contribution is 2.78. The Morgan fingerprint density at radius 2 is 1.53 bits per heavy atom. The van der Waals surface area contributed by atoms with Gasteiger partial charge in [0.25, 0.3) is 0 Å². The summed E-state index contributed by atoms with van der Waals surface area (Å²) in [4.78, 5) is 37.2. The maximum atomic E-state index is 13.1. The number of ether oxygens (including phenoxy) is 1. The fraction of sp³-hybridized carbons (Fsp3) is 0.872. The summed E-state index contributed by atoms with van der Waals surface area (Å²) in [7, 11) is 0. The van der Waals surface area contributed by atoms with Crippen LogP contribution >= 0.6 is 0 Å². The molecule has 0 aromatic carbocycles. The number of carboxylic acid groups (broad SMARTS) is 1. The van der Waals surface area contributed by atoms with Crippen molar-refractivity contribution in [2.24, 2.45) is 62.1 Å². The zero-order valence-electron chi connectivity index (χ0n) is 29.6. The fourth-order valence-electron chi connectivity index (χ4n) is 13.3. The lowest BCUT2D eigenvalue weighted by molar-refractivity contribution is -0.250. The Morgan fingerprint density at radius 3 is 2.16 bits per heavy atom. The number of fused-ring (bicyclic) bond motifs is 7. The molecule has 5 rings (SSSR count). The van der Waals surface area contributed by atoms with Gasteiger partial charge in [-0.15, -0.1) is 0 Å². The molecule has 2 N–H and O–H groups in total. The van der Waals surface area contributed by atoms with E-state index in [1.54, 1.807) is 0 Å². The second kappa shape index (κ2) is 11.5. The van der Waals surface area contributed by atoms with Crippen molar-refractivity contribution in [2.75, 3.05) is 6.61 Å². The summed E-state index contributed by atoms with van der Waals surface area (Å²) in [5.74, 6) is 1.35. The number of Topliss-reactive ketones (excluding diaryl/α,β-unsaturated/α-hetero) is 1. The fourth-order valence-corrected chi connectivity index (χ4v) is 13.3. The van der Waals surface area contributed by atoms with E-state index < -0.39 is 11.4 Å². The molecule has 0 radical (unpaired) electrons. The van der Waals surface area contributed by atoms with Crippen molar-refractivity contribution < 1.29 is 29.3 Å². The summed E-state index contributed by atoms with van der Waals surface area (Å²) >= 11 is 0. The first kappa shape index (κ1) is 34.6. The lowest BCUT2D eigenvalue weighted by Crippen LogP contribution is -2.66. The van der Waals surface area contributed by atoms with Gasteiger partial charge in [-0.1, -0.05) is 60.6 Å². The molecule has 0 spiro atoms. The van der Waals surface area contributed by atoms with E-state index in [1.807, 2.05) is 13.8 Å². The van der Waals surface area contributed by atoms with Gasteiger partial charge in [-0.05, 0) is 128 Å². The Hall–Kier alpha value is -1.69. The van der Waals surface area contributed by atoms with Gasteiger partial charge in [0.15, 0.2) is 5.78 Å². The van der Waals surface area contributed by atoms with Gasteiger partial charge in [0.2, 0.25) is 0 Å². The molecule has 6 nitrogen and oxygen atoms in total.